The number of rotatable bonds is 6. The number of benzene rings is 1. The van der Waals surface area contributed by atoms with Crippen LogP contribution in [-0.4, -0.2) is 34.6 Å². The van der Waals surface area contributed by atoms with E-state index in [1.807, 2.05) is 0 Å². The lowest BCUT2D eigenvalue weighted by atomic mass is 10.1. The molecule has 0 spiro atoms. The Morgan fingerprint density at radius 2 is 1.67 bits per heavy atom. The van der Waals surface area contributed by atoms with Gasteiger partial charge in [0.1, 0.15) is 10.7 Å². The molecule has 1 aromatic carbocycles. The zero-order valence-electron chi connectivity index (χ0n) is 15.0. The monoisotopic (exact) mass is 415 g/mol. The number of carbonyl (C=O) groups excluding carboxylic acids is 2. The molecule has 1 atom stereocenters. The molecule has 0 aliphatic rings. The molecule has 0 bridgehead atoms. The lowest BCUT2D eigenvalue weighted by molar-refractivity contribution is 0.0596. The Balaban J connectivity index is 2.49. The lowest BCUT2D eigenvalue weighted by Crippen LogP contribution is -2.27. The highest BCUT2D eigenvalue weighted by atomic mass is 32.2. The van der Waals surface area contributed by atoms with E-state index >= 15 is 0 Å². The number of carbonyl (C=O) groups is 2. The van der Waals surface area contributed by atoms with Gasteiger partial charge < -0.3 is 9.47 Å². The Labute approximate surface area is 160 Å². The number of thiophene rings is 1. The van der Waals surface area contributed by atoms with E-state index in [-0.39, 0.29) is 20.2 Å². The molecule has 0 saturated carbocycles. The van der Waals surface area contributed by atoms with Crippen molar-refractivity contribution < 1.29 is 31.9 Å². The molecule has 1 aromatic heterocycles. The van der Waals surface area contributed by atoms with Crippen LogP contribution in [0.25, 0.3) is 0 Å². The molecule has 0 radical (unpaired) electrons. The smallest absolute Gasteiger partial charge is 0.348 e. The van der Waals surface area contributed by atoms with Crippen LogP contribution in [0, 0.1) is 12.7 Å². The maximum absolute atomic E-state index is 13.1. The van der Waals surface area contributed by atoms with E-state index in [9.17, 15) is 22.4 Å². The molecule has 0 aliphatic heterocycles. The van der Waals surface area contributed by atoms with Gasteiger partial charge in [-0.05, 0) is 37.1 Å². The van der Waals surface area contributed by atoms with E-state index in [2.05, 4.69) is 14.2 Å². The minimum absolute atomic E-state index is 0.00675. The summed E-state index contributed by atoms with van der Waals surface area (Å²) in [6.45, 7) is 3.02. The average Bonchev–Trinajstić information content (AvgIpc) is 2.98. The summed E-state index contributed by atoms with van der Waals surface area (Å²) in [5.74, 6) is -2.08. The first-order chi connectivity index (χ1) is 12.6. The molecule has 2 aromatic rings. The van der Waals surface area contributed by atoms with Gasteiger partial charge >= 0.3 is 11.9 Å². The van der Waals surface area contributed by atoms with Crippen LogP contribution in [0.4, 0.5) is 4.39 Å². The molecule has 7 nitrogen and oxygen atoms in total. The first kappa shape index (κ1) is 21.0. The van der Waals surface area contributed by atoms with Gasteiger partial charge in [-0.15, -0.1) is 11.3 Å². The summed E-state index contributed by atoms with van der Waals surface area (Å²) in [6.07, 6.45) is 0. The third kappa shape index (κ3) is 4.34. The molecular formula is C17H18FNO6S2. The summed E-state index contributed by atoms with van der Waals surface area (Å²) in [6, 6.07) is 4.62. The fourth-order valence-electron chi connectivity index (χ4n) is 2.41. The SMILES string of the molecule is COC(=O)c1sc(S(=O)(=O)N[C@@H](C)c2ccc(F)cc2)c(C(=O)OC)c1C. The highest BCUT2D eigenvalue weighted by molar-refractivity contribution is 7.91. The van der Waals surface area contributed by atoms with Crippen LogP contribution in [0.15, 0.2) is 28.5 Å². The Bertz CT molecular complexity index is 966. The van der Waals surface area contributed by atoms with Gasteiger partial charge in [0.2, 0.25) is 0 Å². The van der Waals surface area contributed by atoms with Gasteiger partial charge in [-0.2, -0.15) is 0 Å². The summed E-state index contributed by atoms with van der Waals surface area (Å²) < 4.78 is 50.2. The van der Waals surface area contributed by atoms with Crippen LogP contribution in [0.5, 0.6) is 0 Å². The largest absolute Gasteiger partial charge is 0.465 e. The number of nitrogens with one attached hydrogen (secondary N) is 1. The van der Waals surface area contributed by atoms with Crippen LogP contribution in [0.3, 0.4) is 0 Å². The minimum Gasteiger partial charge on any atom is -0.465 e. The quantitative estimate of drug-likeness (QED) is 0.729. The van der Waals surface area contributed by atoms with E-state index in [4.69, 9.17) is 0 Å². The number of hydrogen-bond donors (Lipinski definition) is 1. The van der Waals surface area contributed by atoms with Gasteiger partial charge in [0.25, 0.3) is 10.0 Å². The summed E-state index contributed by atoms with van der Waals surface area (Å²) in [5.41, 5.74) is 0.469. The molecule has 0 fully saturated rings. The fraction of sp³-hybridized carbons (Fsp3) is 0.294. The molecule has 10 heteroatoms. The van der Waals surface area contributed by atoms with Crippen LogP contribution < -0.4 is 4.72 Å². The molecule has 0 unspecified atom stereocenters. The Morgan fingerprint density at radius 1 is 1.11 bits per heavy atom. The number of ether oxygens (including phenoxy) is 2. The standard InChI is InChI=1S/C17H18FNO6S2/c1-9-13(15(20)24-3)17(26-14(9)16(21)25-4)27(22,23)19-10(2)11-5-7-12(18)8-6-11/h5-8,10,19H,1-4H3/t10-/m0/s1. The van der Waals surface area contributed by atoms with Crippen molar-refractivity contribution in [2.45, 2.75) is 24.1 Å². The van der Waals surface area contributed by atoms with Crippen molar-refractivity contribution in [3.8, 4) is 0 Å². The normalized spacial score (nSPS) is 12.5. The molecule has 0 amide bonds. The maximum atomic E-state index is 13.1. The van der Waals surface area contributed by atoms with E-state index in [1.54, 1.807) is 6.92 Å². The Morgan fingerprint density at radius 3 is 2.19 bits per heavy atom. The molecule has 146 valence electrons. The number of esters is 2. The molecule has 0 saturated heterocycles. The van der Waals surface area contributed by atoms with Gasteiger partial charge in [-0.1, -0.05) is 12.1 Å². The summed E-state index contributed by atoms with van der Waals surface area (Å²) >= 11 is 0.623. The van der Waals surface area contributed by atoms with Crippen molar-refractivity contribution in [2.75, 3.05) is 14.2 Å². The predicted octanol–water partition coefficient (Wildman–Crippen LogP) is 2.81. The van der Waals surface area contributed by atoms with Gasteiger partial charge in [0, 0.05) is 6.04 Å². The minimum atomic E-state index is -4.18. The first-order valence-electron chi connectivity index (χ1n) is 7.70. The Hall–Kier alpha value is -2.30. The van der Waals surface area contributed by atoms with E-state index < -0.39 is 33.8 Å². The second-order valence-corrected chi connectivity index (χ2v) is 8.53. The predicted molar refractivity (Wildman–Crippen MR) is 96.9 cm³/mol. The average molecular weight is 415 g/mol. The summed E-state index contributed by atoms with van der Waals surface area (Å²) in [7, 11) is -1.91. The molecule has 1 heterocycles. The van der Waals surface area contributed by atoms with Gasteiger partial charge in [0.05, 0.1) is 19.8 Å². The summed E-state index contributed by atoms with van der Waals surface area (Å²) in [5, 5.41) is 0. The zero-order chi connectivity index (χ0) is 20.4. The van der Waals surface area contributed by atoms with E-state index in [0.29, 0.717) is 16.9 Å². The van der Waals surface area contributed by atoms with Crippen molar-refractivity contribution in [1.29, 1.82) is 0 Å². The number of sulfonamides is 1. The molecule has 1 N–H and O–H groups in total. The highest BCUT2D eigenvalue weighted by Crippen LogP contribution is 2.34. The van der Waals surface area contributed by atoms with Crippen LogP contribution in [-0.2, 0) is 19.5 Å². The summed E-state index contributed by atoms with van der Waals surface area (Å²) in [4.78, 5) is 24.0. The Kier molecular flexibility index (Phi) is 6.34. The number of methoxy groups -OCH3 is 2. The third-order valence-electron chi connectivity index (χ3n) is 3.82. The van der Waals surface area contributed by atoms with Crippen LogP contribution in [0.1, 0.15) is 44.1 Å². The second kappa shape index (κ2) is 8.15. The van der Waals surface area contributed by atoms with E-state index in [0.717, 1.165) is 14.2 Å². The van der Waals surface area contributed by atoms with Gasteiger partial charge in [-0.25, -0.2) is 27.1 Å². The van der Waals surface area contributed by atoms with Gasteiger partial charge in [-0.3, -0.25) is 0 Å². The fourth-order valence-corrected chi connectivity index (χ4v) is 5.40. The zero-order valence-corrected chi connectivity index (χ0v) is 16.7. The lowest BCUT2D eigenvalue weighted by Gasteiger charge is -2.14. The van der Waals surface area contributed by atoms with Crippen LogP contribution in [0.2, 0.25) is 0 Å². The number of hydrogen-bond acceptors (Lipinski definition) is 7. The molecule has 0 aliphatic carbocycles. The highest BCUT2D eigenvalue weighted by Gasteiger charge is 2.33. The topological polar surface area (TPSA) is 98.8 Å². The van der Waals surface area contributed by atoms with Gasteiger partial charge in [0.15, 0.2) is 4.21 Å². The van der Waals surface area contributed by atoms with Crippen molar-refractivity contribution in [1.82, 2.24) is 4.72 Å². The number of halogens is 1. The first-order valence-corrected chi connectivity index (χ1v) is 10.00. The molecule has 27 heavy (non-hydrogen) atoms. The van der Waals surface area contributed by atoms with Crippen molar-refractivity contribution >= 4 is 33.3 Å². The maximum Gasteiger partial charge on any atom is 0.348 e. The van der Waals surface area contributed by atoms with Crippen LogP contribution >= 0.6 is 11.3 Å². The second-order valence-electron chi connectivity index (χ2n) is 5.60. The molecular weight excluding hydrogens is 397 g/mol. The van der Waals surface area contributed by atoms with Crippen molar-refractivity contribution in [3.63, 3.8) is 0 Å². The van der Waals surface area contributed by atoms with Crippen molar-refractivity contribution in [2.24, 2.45) is 0 Å². The van der Waals surface area contributed by atoms with E-state index in [1.165, 1.54) is 31.2 Å². The van der Waals surface area contributed by atoms with Crippen molar-refractivity contribution in [3.05, 3.63) is 51.7 Å². The third-order valence-corrected chi connectivity index (χ3v) is 7.15. The molecule has 2 rings (SSSR count).